The Morgan fingerprint density at radius 3 is 2.91 bits per heavy atom. The van der Waals surface area contributed by atoms with Crippen molar-refractivity contribution in [2.24, 2.45) is 0 Å². The lowest BCUT2D eigenvalue weighted by Crippen LogP contribution is -2.10. The summed E-state index contributed by atoms with van der Waals surface area (Å²) >= 11 is 0. The average molecular weight is 320 g/mol. The van der Waals surface area contributed by atoms with Gasteiger partial charge in [-0.25, -0.2) is 23.7 Å². The van der Waals surface area contributed by atoms with Gasteiger partial charge in [0.25, 0.3) is 0 Å². The van der Waals surface area contributed by atoms with Gasteiger partial charge >= 0.3 is 5.97 Å². The number of anilines is 1. The van der Waals surface area contributed by atoms with E-state index in [1.165, 1.54) is 6.07 Å². The van der Waals surface area contributed by atoms with Gasteiger partial charge in [-0.1, -0.05) is 0 Å². The molecule has 0 radical (unpaired) electrons. The molecule has 0 unspecified atom stereocenters. The van der Waals surface area contributed by atoms with Crippen LogP contribution in [0.4, 0.5) is 14.6 Å². The van der Waals surface area contributed by atoms with Crippen LogP contribution in [0.25, 0.3) is 22.6 Å². The van der Waals surface area contributed by atoms with Crippen LogP contribution in [0, 0.1) is 11.6 Å². The second-order valence-electron chi connectivity index (χ2n) is 4.58. The van der Waals surface area contributed by atoms with Gasteiger partial charge < -0.3 is 10.4 Å². The highest BCUT2D eigenvalue weighted by Crippen LogP contribution is 2.24. The molecule has 0 spiro atoms. The van der Waals surface area contributed by atoms with Crippen molar-refractivity contribution in [3.8, 4) is 11.5 Å². The molecule has 0 bridgehead atoms. The number of hydrogen-bond donors (Lipinski definition) is 3. The number of halogens is 2. The molecule has 118 valence electrons. The fraction of sp³-hybridized carbons (Fsp3) is 0.154. The molecule has 0 aliphatic rings. The molecule has 0 aliphatic carbocycles. The van der Waals surface area contributed by atoms with Gasteiger partial charge in [-0.2, -0.15) is 5.10 Å². The van der Waals surface area contributed by atoms with Crippen LogP contribution >= 0.6 is 0 Å². The molecule has 0 saturated heterocycles. The predicted molar refractivity (Wildman–Crippen MR) is 75.6 cm³/mol. The maximum atomic E-state index is 13.7. The number of fused-ring (bicyclic) bond motifs is 1. The minimum atomic E-state index is -1.02. The van der Waals surface area contributed by atoms with Gasteiger partial charge in [0, 0.05) is 6.54 Å². The van der Waals surface area contributed by atoms with Crippen molar-refractivity contribution in [2.45, 2.75) is 6.42 Å². The van der Waals surface area contributed by atoms with Crippen molar-refractivity contribution in [2.75, 3.05) is 11.9 Å². The number of aliphatic carboxylic acids is 1. The van der Waals surface area contributed by atoms with E-state index in [2.05, 4.69) is 30.5 Å². The SMILES string of the molecule is O=C(O)CCNc1nc(-c2n[nH]c3ncc(F)cc23)ncc1F. The first kappa shape index (κ1) is 14.8. The average Bonchev–Trinajstić information content (AvgIpc) is 2.92. The number of carboxylic acid groups (broad SMARTS) is 1. The number of pyridine rings is 1. The summed E-state index contributed by atoms with van der Waals surface area (Å²) in [5, 5.41) is 18.1. The molecule has 3 aromatic rings. The monoisotopic (exact) mass is 320 g/mol. The highest BCUT2D eigenvalue weighted by atomic mass is 19.1. The molecule has 3 rings (SSSR count). The number of nitrogens with one attached hydrogen (secondary N) is 2. The molecule has 10 heteroatoms. The summed E-state index contributed by atoms with van der Waals surface area (Å²) in [5.74, 6) is -2.41. The summed E-state index contributed by atoms with van der Waals surface area (Å²) in [5.41, 5.74) is 0.558. The summed E-state index contributed by atoms with van der Waals surface area (Å²) in [6.45, 7) is 0.000202. The van der Waals surface area contributed by atoms with Gasteiger partial charge in [0.05, 0.1) is 24.2 Å². The third-order valence-electron chi connectivity index (χ3n) is 2.97. The zero-order valence-corrected chi connectivity index (χ0v) is 11.5. The topological polar surface area (TPSA) is 117 Å². The normalized spacial score (nSPS) is 10.9. The molecule has 0 aromatic carbocycles. The number of aromatic nitrogens is 5. The second kappa shape index (κ2) is 5.91. The minimum Gasteiger partial charge on any atom is -0.481 e. The lowest BCUT2D eigenvalue weighted by Gasteiger charge is -2.06. The summed E-state index contributed by atoms with van der Waals surface area (Å²) in [4.78, 5) is 22.1. The number of hydrogen-bond acceptors (Lipinski definition) is 6. The van der Waals surface area contributed by atoms with E-state index in [0.29, 0.717) is 11.0 Å². The highest BCUT2D eigenvalue weighted by Gasteiger charge is 2.15. The Balaban J connectivity index is 1.95. The molecule has 0 amide bonds. The standard InChI is InChI=1S/C13H10F2N6O2/c14-6-3-7-10(20-21-11(7)17-4-6)13-18-5-8(15)12(19-13)16-2-1-9(22)23/h3-5H,1-2H2,(H,22,23)(H,16,18,19)(H,17,20,21). The Labute approximate surface area is 127 Å². The Bertz CT molecular complexity index is 882. The maximum absolute atomic E-state index is 13.7. The Kier molecular flexibility index (Phi) is 3.79. The minimum absolute atomic E-state index is 0.000202. The number of nitrogens with zero attached hydrogens (tertiary/aromatic N) is 4. The summed E-state index contributed by atoms with van der Waals surface area (Å²) in [6.07, 6.45) is 1.77. The van der Waals surface area contributed by atoms with E-state index in [1.54, 1.807) is 0 Å². The third kappa shape index (κ3) is 3.05. The highest BCUT2D eigenvalue weighted by molar-refractivity contribution is 5.88. The zero-order chi connectivity index (χ0) is 16.4. The van der Waals surface area contributed by atoms with E-state index in [4.69, 9.17) is 5.11 Å². The quantitative estimate of drug-likeness (QED) is 0.653. The van der Waals surface area contributed by atoms with Gasteiger partial charge in [0.15, 0.2) is 23.1 Å². The molecular formula is C13H10F2N6O2. The number of rotatable bonds is 5. The van der Waals surface area contributed by atoms with E-state index in [1.807, 2.05) is 0 Å². The van der Waals surface area contributed by atoms with Gasteiger partial charge in [-0.15, -0.1) is 0 Å². The molecule has 3 heterocycles. The van der Waals surface area contributed by atoms with Gasteiger partial charge in [-0.3, -0.25) is 9.89 Å². The van der Waals surface area contributed by atoms with Crippen molar-refractivity contribution in [3.63, 3.8) is 0 Å². The van der Waals surface area contributed by atoms with Crippen LogP contribution in [-0.2, 0) is 4.79 Å². The van der Waals surface area contributed by atoms with E-state index in [9.17, 15) is 13.6 Å². The number of carboxylic acids is 1. The van der Waals surface area contributed by atoms with Crippen LogP contribution in [0.5, 0.6) is 0 Å². The molecular weight excluding hydrogens is 310 g/mol. The first-order valence-corrected chi connectivity index (χ1v) is 6.53. The van der Waals surface area contributed by atoms with Gasteiger partial charge in [0.1, 0.15) is 11.5 Å². The molecule has 8 nitrogen and oxygen atoms in total. The molecule has 0 saturated carbocycles. The van der Waals surface area contributed by atoms with Crippen LogP contribution < -0.4 is 5.32 Å². The smallest absolute Gasteiger partial charge is 0.305 e. The van der Waals surface area contributed by atoms with Crippen LogP contribution in [-0.4, -0.2) is 42.8 Å². The van der Waals surface area contributed by atoms with E-state index in [0.717, 1.165) is 12.4 Å². The summed E-state index contributed by atoms with van der Waals surface area (Å²) in [7, 11) is 0. The molecule has 3 aromatic heterocycles. The Hall–Kier alpha value is -3.17. The second-order valence-corrected chi connectivity index (χ2v) is 4.58. The van der Waals surface area contributed by atoms with Crippen molar-refractivity contribution < 1.29 is 18.7 Å². The molecule has 23 heavy (non-hydrogen) atoms. The van der Waals surface area contributed by atoms with Crippen LogP contribution in [0.2, 0.25) is 0 Å². The van der Waals surface area contributed by atoms with Crippen molar-refractivity contribution >= 4 is 22.8 Å². The van der Waals surface area contributed by atoms with Crippen molar-refractivity contribution in [3.05, 3.63) is 30.1 Å². The van der Waals surface area contributed by atoms with Crippen LogP contribution in [0.3, 0.4) is 0 Å². The van der Waals surface area contributed by atoms with Crippen LogP contribution in [0.1, 0.15) is 6.42 Å². The third-order valence-corrected chi connectivity index (χ3v) is 2.97. The fourth-order valence-electron chi connectivity index (χ4n) is 1.94. The molecule has 0 fully saturated rings. The van der Waals surface area contributed by atoms with Crippen LogP contribution in [0.15, 0.2) is 18.5 Å². The Morgan fingerprint density at radius 1 is 1.30 bits per heavy atom. The van der Waals surface area contributed by atoms with E-state index < -0.39 is 17.6 Å². The lowest BCUT2D eigenvalue weighted by molar-refractivity contribution is -0.136. The number of H-pyrrole nitrogens is 1. The van der Waals surface area contributed by atoms with Crippen molar-refractivity contribution in [1.29, 1.82) is 0 Å². The van der Waals surface area contributed by atoms with Gasteiger partial charge in [-0.05, 0) is 6.07 Å². The lowest BCUT2D eigenvalue weighted by atomic mass is 10.2. The number of carbonyl (C=O) groups is 1. The fourth-order valence-corrected chi connectivity index (χ4v) is 1.94. The molecule has 0 atom stereocenters. The molecule has 0 aliphatic heterocycles. The van der Waals surface area contributed by atoms with E-state index in [-0.39, 0.29) is 30.3 Å². The Morgan fingerprint density at radius 2 is 2.13 bits per heavy atom. The zero-order valence-electron chi connectivity index (χ0n) is 11.5. The maximum Gasteiger partial charge on any atom is 0.305 e. The molecule has 3 N–H and O–H groups in total. The van der Waals surface area contributed by atoms with Crippen molar-refractivity contribution in [1.82, 2.24) is 25.1 Å². The van der Waals surface area contributed by atoms with E-state index >= 15 is 0 Å². The predicted octanol–water partition coefficient (Wildman–Crippen LogP) is 1.58. The number of aromatic amines is 1. The first-order chi connectivity index (χ1) is 11.0. The largest absolute Gasteiger partial charge is 0.481 e. The first-order valence-electron chi connectivity index (χ1n) is 6.53. The summed E-state index contributed by atoms with van der Waals surface area (Å²) in [6, 6.07) is 1.21. The summed E-state index contributed by atoms with van der Waals surface area (Å²) < 4.78 is 27.0. The van der Waals surface area contributed by atoms with Gasteiger partial charge in [0.2, 0.25) is 0 Å².